The number of ether oxygens (including phenoxy) is 1. The smallest absolute Gasteiger partial charge is 0.246 e. The van der Waals surface area contributed by atoms with Gasteiger partial charge in [-0.1, -0.05) is 0 Å². The fourth-order valence-electron chi connectivity index (χ4n) is 5.09. The molecule has 188 valence electrons. The third-order valence-electron chi connectivity index (χ3n) is 6.89. The van der Waals surface area contributed by atoms with Crippen LogP contribution >= 0.6 is 0 Å². The molecule has 5 rings (SSSR count). The number of nitrogens with zero attached hydrogens (tertiary/aromatic N) is 2. The molecule has 0 amide bonds. The number of hydrogen-bond acceptors (Lipinski definition) is 6. The molecule has 2 aromatic rings. The lowest BCUT2D eigenvalue weighted by molar-refractivity contribution is -0.0556. The fraction of sp³-hybridized carbons (Fsp3) is 0.391. The van der Waals surface area contributed by atoms with Crippen LogP contribution in [-0.4, -0.2) is 62.5 Å². The number of nitrogens with one attached hydrogen (secondary N) is 1. The van der Waals surface area contributed by atoms with Crippen molar-refractivity contribution in [3.8, 4) is 0 Å². The summed E-state index contributed by atoms with van der Waals surface area (Å²) in [7, 11) is -4.11. The first-order chi connectivity index (χ1) is 16.7. The zero-order chi connectivity index (χ0) is 24.9. The molecule has 0 aliphatic carbocycles. The molecular weight excluding hydrogens is 488 g/mol. The summed E-state index contributed by atoms with van der Waals surface area (Å²) in [4.78, 5) is 1.58. The molecule has 0 radical (unpaired) electrons. The van der Waals surface area contributed by atoms with Gasteiger partial charge in [-0.2, -0.15) is 4.31 Å². The van der Waals surface area contributed by atoms with Crippen molar-refractivity contribution in [1.29, 1.82) is 0 Å². The van der Waals surface area contributed by atoms with E-state index >= 15 is 0 Å². The molecule has 3 aliphatic heterocycles. The molecule has 12 heteroatoms. The Morgan fingerprint density at radius 2 is 1.57 bits per heavy atom. The van der Waals surface area contributed by atoms with Crippen LogP contribution in [0, 0.1) is 23.3 Å². The van der Waals surface area contributed by atoms with Crippen LogP contribution in [0.5, 0.6) is 0 Å². The van der Waals surface area contributed by atoms with Gasteiger partial charge in [0.1, 0.15) is 34.3 Å². The quantitative estimate of drug-likeness (QED) is 0.277. The summed E-state index contributed by atoms with van der Waals surface area (Å²) in [6, 6.07) is 5.08. The van der Waals surface area contributed by atoms with E-state index < -0.39 is 50.3 Å². The summed E-state index contributed by atoms with van der Waals surface area (Å²) < 4.78 is 88.2. The molecule has 1 saturated heterocycles. The summed E-state index contributed by atoms with van der Waals surface area (Å²) in [6.07, 6.45) is -0.235. The van der Waals surface area contributed by atoms with Gasteiger partial charge in [-0.05, 0) is 47.9 Å². The number of nitrogens with two attached hydrogens (primary N) is 1. The van der Waals surface area contributed by atoms with Crippen LogP contribution in [0.2, 0.25) is 0 Å². The van der Waals surface area contributed by atoms with E-state index in [-0.39, 0.29) is 31.3 Å². The van der Waals surface area contributed by atoms with Crippen molar-refractivity contribution >= 4 is 10.0 Å². The topological polar surface area (TPSA) is 87.9 Å². The van der Waals surface area contributed by atoms with Gasteiger partial charge in [0.15, 0.2) is 0 Å². The Hall–Kier alpha value is -2.35. The lowest BCUT2D eigenvalue weighted by atomic mass is 9.93. The van der Waals surface area contributed by atoms with Gasteiger partial charge in [0.05, 0.1) is 12.6 Å². The van der Waals surface area contributed by atoms with Crippen molar-refractivity contribution in [2.24, 2.45) is 5.84 Å². The standard InChI is InChI=1S/C23H24F4N4O3S/c24-15-1-3-19(26)18(5-15)23-21(29-28)7-17(12-34-23)30-8-13-10-31(11-14(13)9-30)35(32,33)22-4-2-16(25)6-20(22)27/h1-6,17,21,23,29H,7-12,28H2/t17-,21+,23-/m1/s1. The average Bonchev–Trinajstić information content (AvgIpc) is 3.40. The highest BCUT2D eigenvalue weighted by Gasteiger charge is 2.42. The van der Waals surface area contributed by atoms with E-state index in [2.05, 4.69) is 10.3 Å². The molecule has 3 N–H and O–H groups in total. The second-order valence-electron chi connectivity index (χ2n) is 9.04. The first-order valence-corrected chi connectivity index (χ1v) is 12.5. The number of hydrogen-bond donors (Lipinski definition) is 2. The van der Waals surface area contributed by atoms with Gasteiger partial charge in [0.2, 0.25) is 10.0 Å². The minimum Gasteiger partial charge on any atom is -0.370 e. The number of hydrazine groups is 1. The molecule has 0 spiro atoms. The van der Waals surface area contributed by atoms with Crippen LogP contribution in [-0.2, 0) is 14.8 Å². The van der Waals surface area contributed by atoms with Crippen LogP contribution in [0.4, 0.5) is 17.6 Å². The second-order valence-corrected chi connectivity index (χ2v) is 10.9. The van der Waals surface area contributed by atoms with Gasteiger partial charge < -0.3 is 4.74 Å². The molecule has 0 bridgehead atoms. The van der Waals surface area contributed by atoms with Crippen LogP contribution < -0.4 is 11.3 Å². The highest BCUT2D eigenvalue weighted by Crippen LogP contribution is 2.36. The van der Waals surface area contributed by atoms with E-state index in [1.807, 2.05) is 0 Å². The van der Waals surface area contributed by atoms with E-state index in [1.54, 1.807) is 0 Å². The Morgan fingerprint density at radius 1 is 0.914 bits per heavy atom. The van der Waals surface area contributed by atoms with Gasteiger partial charge in [-0.15, -0.1) is 0 Å². The van der Waals surface area contributed by atoms with E-state index in [4.69, 9.17) is 10.6 Å². The lowest BCUT2D eigenvalue weighted by Crippen LogP contribution is -2.52. The Morgan fingerprint density at radius 3 is 2.23 bits per heavy atom. The maximum absolute atomic E-state index is 14.3. The highest BCUT2D eigenvalue weighted by molar-refractivity contribution is 7.89. The van der Waals surface area contributed by atoms with Crippen LogP contribution in [0.25, 0.3) is 0 Å². The van der Waals surface area contributed by atoms with Gasteiger partial charge >= 0.3 is 0 Å². The molecule has 35 heavy (non-hydrogen) atoms. The largest absolute Gasteiger partial charge is 0.370 e. The molecule has 2 aromatic carbocycles. The van der Waals surface area contributed by atoms with E-state index in [0.717, 1.165) is 41.5 Å². The Kier molecular flexibility index (Phi) is 6.45. The first-order valence-electron chi connectivity index (χ1n) is 11.1. The zero-order valence-electron chi connectivity index (χ0n) is 18.6. The molecule has 0 saturated carbocycles. The number of benzene rings is 2. The van der Waals surface area contributed by atoms with Gasteiger partial charge in [-0.25, -0.2) is 26.0 Å². The second kappa shape index (κ2) is 9.26. The maximum Gasteiger partial charge on any atom is 0.246 e. The van der Waals surface area contributed by atoms with E-state index in [1.165, 1.54) is 4.31 Å². The molecule has 3 heterocycles. The molecule has 1 fully saturated rings. The van der Waals surface area contributed by atoms with Crippen LogP contribution in [0.1, 0.15) is 18.1 Å². The van der Waals surface area contributed by atoms with E-state index in [0.29, 0.717) is 25.6 Å². The predicted molar refractivity (Wildman–Crippen MR) is 118 cm³/mol. The first kappa shape index (κ1) is 24.3. The molecule has 3 atom stereocenters. The van der Waals surface area contributed by atoms with Gasteiger partial charge in [0, 0.05) is 43.9 Å². The molecular formula is C23H24F4N4O3S. The van der Waals surface area contributed by atoms with Gasteiger partial charge in [0.25, 0.3) is 0 Å². The van der Waals surface area contributed by atoms with Crippen molar-refractivity contribution in [3.63, 3.8) is 0 Å². The minimum atomic E-state index is -4.11. The molecule has 3 aliphatic rings. The summed E-state index contributed by atoms with van der Waals surface area (Å²) in [6.45, 7) is 1.50. The third-order valence-corrected chi connectivity index (χ3v) is 8.71. The van der Waals surface area contributed by atoms with Crippen molar-refractivity contribution in [3.05, 3.63) is 76.4 Å². The lowest BCUT2D eigenvalue weighted by Gasteiger charge is -2.40. The predicted octanol–water partition coefficient (Wildman–Crippen LogP) is 2.22. The highest BCUT2D eigenvalue weighted by atomic mass is 32.2. The summed E-state index contributed by atoms with van der Waals surface area (Å²) in [5.74, 6) is 2.60. The Balaban J connectivity index is 1.24. The van der Waals surface area contributed by atoms with E-state index in [9.17, 15) is 26.0 Å². The van der Waals surface area contributed by atoms with Crippen molar-refractivity contribution < 1.29 is 30.7 Å². The summed E-state index contributed by atoms with van der Waals surface area (Å²) >= 11 is 0. The number of sulfonamides is 1. The van der Waals surface area contributed by atoms with Gasteiger partial charge in [-0.3, -0.25) is 16.2 Å². The number of halogens is 4. The SMILES string of the molecule is NN[C@H]1C[C@@H](N2CC3=C(C2)CN(S(=O)(=O)c2ccc(F)cc2F)C3)CO[C@@H]1c1cc(F)ccc1F. The van der Waals surface area contributed by atoms with Crippen LogP contribution in [0.15, 0.2) is 52.4 Å². The summed E-state index contributed by atoms with van der Waals surface area (Å²) in [5, 5.41) is 0. The third kappa shape index (κ3) is 4.50. The van der Waals surface area contributed by atoms with Crippen molar-refractivity contribution in [1.82, 2.24) is 14.6 Å². The molecule has 7 nitrogen and oxygen atoms in total. The maximum atomic E-state index is 14.3. The Bertz CT molecular complexity index is 1270. The zero-order valence-corrected chi connectivity index (χ0v) is 19.4. The number of rotatable bonds is 5. The summed E-state index contributed by atoms with van der Waals surface area (Å²) in [5.41, 5.74) is 4.60. The monoisotopic (exact) mass is 512 g/mol. The molecule has 0 unspecified atom stereocenters. The average molecular weight is 513 g/mol. The van der Waals surface area contributed by atoms with Crippen LogP contribution in [0.3, 0.4) is 0 Å². The van der Waals surface area contributed by atoms with Crippen molar-refractivity contribution in [2.75, 3.05) is 32.8 Å². The Labute approximate surface area is 200 Å². The minimum absolute atomic E-state index is 0.0749. The normalized spacial score (nSPS) is 25.9. The van der Waals surface area contributed by atoms with Crippen molar-refractivity contribution in [2.45, 2.75) is 29.5 Å². The molecule has 0 aromatic heterocycles. The fourth-order valence-corrected chi connectivity index (χ4v) is 6.57.